The molecule has 3 aliphatic heterocycles. The quantitative estimate of drug-likeness (QED) is 0.831. The second-order valence-electron chi connectivity index (χ2n) is 6.37. The Bertz CT molecular complexity index is 583. The molecule has 2 bridgehead atoms. The summed E-state index contributed by atoms with van der Waals surface area (Å²) < 4.78 is 10.6. The predicted molar refractivity (Wildman–Crippen MR) is 83.8 cm³/mol. The number of furan rings is 1. The molecule has 126 valence electrons. The molecular weight excluding hydrogens is 296 g/mol. The molecule has 0 radical (unpaired) electrons. The van der Waals surface area contributed by atoms with E-state index in [0.29, 0.717) is 31.2 Å². The average Bonchev–Trinajstić information content (AvgIpc) is 2.84. The van der Waals surface area contributed by atoms with Gasteiger partial charge in [0.05, 0.1) is 5.92 Å². The zero-order chi connectivity index (χ0) is 16.4. The minimum atomic E-state index is -0.129. The minimum absolute atomic E-state index is 0.0716. The van der Waals surface area contributed by atoms with E-state index in [2.05, 4.69) is 6.92 Å². The predicted octanol–water partition coefficient (Wildman–Crippen LogP) is 1.90. The standard InChI is InChI=1S/C17H24N2O4/c1-3-8-19-13-5-4-12(16(19)20)9-18(10-13)17(21)15-7-6-14(23-15)11-22-2/h6-7,12-13H,3-5,8-11H2,1-2H3/t12-,13+/m0/s1. The van der Waals surface area contributed by atoms with Crippen molar-refractivity contribution in [2.24, 2.45) is 5.92 Å². The molecular formula is C17H24N2O4. The van der Waals surface area contributed by atoms with Crippen LogP contribution in [0.5, 0.6) is 0 Å². The molecule has 3 fully saturated rings. The summed E-state index contributed by atoms with van der Waals surface area (Å²) in [7, 11) is 1.59. The van der Waals surface area contributed by atoms with Crippen LogP contribution in [0.1, 0.15) is 42.5 Å². The van der Waals surface area contributed by atoms with Crippen LogP contribution in [-0.2, 0) is 16.1 Å². The van der Waals surface area contributed by atoms with Crippen LogP contribution in [0.15, 0.2) is 16.5 Å². The molecule has 0 spiro atoms. The van der Waals surface area contributed by atoms with Crippen molar-refractivity contribution in [3.05, 3.63) is 23.7 Å². The van der Waals surface area contributed by atoms with Crippen molar-refractivity contribution >= 4 is 11.8 Å². The fourth-order valence-electron chi connectivity index (χ4n) is 3.61. The molecule has 0 unspecified atom stereocenters. The van der Waals surface area contributed by atoms with Crippen molar-refractivity contribution in [1.29, 1.82) is 0 Å². The van der Waals surface area contributed by atoms with E-state index < -0.39 is 0 Å². The van der Waals surface area contributed by atoms with Gasteiger partial charge in [-0.15, -0.1) is 0 Å². The van der Waals surface area contributed by atoms with E-state index in [9.17, 15) is 9.59 Å². The molecule has 3 saturated heterocycles. The van der Waals surface area contributed by atoms with Gasteiger partial charge in [-0.2, -0.15) is 0 Å². The summed E-state index contributed by atoms with van der Waals surface area (Å²) in [5.74, 6) is 0.969. The van der Waals surface area contributed by atoms with Gasteiger partial charge in [0.2, 0.25) is 5.91 Å². The van der Waals surface area contributed by atoms with Crippen LogP contribution in [0.4, 0.5) is 0 Å². The van der Waals surface area contributed by atoms with E-state index in [-0.39, 0.29) is 23.8 Å². The van der Waals surface area contributed by atoms with Gasteiger partial charge in [0, 0.05) is 32.8 Å². The Balaban J connectivity index is 1.76. The molecule has 4 rings (SSSR count). The van der Waals surface area contributed by atoms with Gasteiger partial charge in [-0.3, -0.25) is 9.59 Å². The topological polar surface area (TPSA) is 63.0 Å². The first kappa shape index (κ1) is 16.1. The van der Waals surface area contributed by atoms with Crippen LogP contribution >= 0.6 is 0 Å². The molecule has 2 atom stereocenters. The lowest BCUT2D eigenvalue weighted by atomic mass is 9.94. The number of hydrogen-bond acceptors (Lipinski definition) is 4. The van der Waals surface area contributed by atoms with Crippen molar-refractivity contribution in [2.45, 2.75) is 38.8 Å². The van der Waals surface area contributed by atoms with Crippen LogP contribution in [0, 0.1) is 5.92 Å². The number of fused-ring (bicyclic) bond motifs is 4. The van der Waals surface area contributed by atoms with Crippen molar-refractivity contribution in [3.8, 4) is 0 Å². The van der Waals surface area contributed by atoms with Crippen molar-refractivity contribution in [1.82, 2.24) is 9.80 Å². The Labute approximate surface area is 136 Å². The van der Waals surface area contributed by atoms with E-state index in [0.717, 1.165) is 25.8 Å². The summed E-state index contributed by atoms with van der Waals surface area (Å²) in [6.45, 7) is 4.30. The van der Waals surface area contributed by atoms with Crippen molar-refractivity contribution in [3.63, 3.8) is 0 Å². The van der Waals surface area contributed by atoms with E-state index in [1.54, 1.807) is 24.1 Å². The third-order valence-corrected chi connectivity index (χ3v) is 4.70. The van der Waals surface area contributed by atoms with Crippen molar-refractivity contribution in [2.75, 3.05) is 26.7 Å². The molecule has 3 aliphatic rings. The third kappa shape index (κ3) is 3.13. The average molecular weight is 320 g/mol. The first-order valence-electron chi connectivity index (χ1n) is 8.31. The van der Waals surface area contributed by atoms with E-state index >= 15 is 0 Å². The number of ether oxygens (including phenoxy) is 1. The lowest BCUT2D eigenvalue weighted by Gasteiger charge is -2.35. The van der Waals surface area contributed by atoms with E-state index in [1.807, 2.05) is 4.90 Å². The highest BCUT2D eigenvalue weighted by Gasteiger charge is 2.41. The number of carbonyl (C=O) groups is 2. The Morgan fingerprint density at radius 2 is 2.17 bits per heavy atom. The number of rotatable bonds is 5. The molecule has 0 aromatic carbocycles. The molecule has 0 saturated carbocycles. The second-order valence-corrected chi connectivity index (χ2v) is 6.37. The third-order valence-electron chi connectivity index (χ3n) is 4.70. The second kappa shape index (κ2) is 6.74. The molecule has 6 heteroatoms. The van der Waals surface area contributed by atoms with Gasteiger partial charge < -0.3 is 19.0 Å². The number of nitrogens with zero attached hydrogens (tertiary/aromatic N) is 2. The maximum Gasteiger partial charge on any atom is 0.289 e. The zero-order valence-corrected chi connectivity index (χ0v) is 13.8. The Morgan fingerprint density at radius 3 is 2.91 bits per heavy atom. The van der Waals surface area contributed by atoms with Crippen LogP contribution in [0.25, 0.3) is 0 Å². The maximum atomic E-state index is 12.7. The number of hydrogen-bond donors (Lipinski definition) is 0. The minimum Gasteiger partial charge on any atom is -0.453 e. The monoisotopic (exact) mass is 320 g/mol. The van der Waals surface area contributed by atoms with E-state index in [1.165, 1.54) is 0 Å². The summed E-state index contributed by atoms with van der Waals surface area (Å²) in [5.41, 5.74) is 0. The smallest absolute Gasteiger partial charge is 0.289 e. The Morgan fingerprint density at radius 1 is 1.35 bits per heavy atom. The van der Waals surface area contributed by atoms with Gasteiger partial charge in [0.15, 0.2) is 5.76 Å². The van der Waals surface area contributed by atoms with Crippen LogP contribution in [-0.4, -0.2) is 54.4 Å². The number of piperidine rings is 1. The molecule has 6 nitrogen and oxygen atoms in total. The van der Waals surface area contributed by atoms with Crippen LogP contribution in [0.2, 0.25) is 0 Å². The summed E-state index contributed by atoms with van der Waals surface area (Å²) >= 11 is 0. The zero-order valence-electron chi connectivity index (χ0n) is 13.8. The lowest BCUT2D eigenvalue weighted by molar-refractivity contribution is -0.139. The number of amides is 2. The normalized spacial score (nSPS) is 24.2. The van der Waals surface area contributed by atoms with Gasteiger partial charge in [-0.05, 0) is 31.4 Å². The van der Waals surface area contributed by atoms with Crippen LogP contribution in [0.3, 0.4) is 0 Å². The van der Waals surface area contributed by atoms with Crippen LogP contribution < -0.4 is 0 Å². The molecule has 0 aliphatic carbocycles. The fourth-order valence-corrected chi connectivity index (χ4v) is 3.61. The first-order valence-corrected chi connectivity index (χ1v) is 8.31. The Hall–Kier alpha value is -1.82. The molecule has 1 aromatic rings. The van der Waals surface area contributed by atoms with Gasteiger partial charge in [0.25, 0.3) is 5.91 Å². The molecule has 2 amide bonds. The van der Waals surface area contributed by atoms with Crippen molar-refractivity contribution < 1.29 is 18.7 Å². The maximum absolute atomic E-state index is 12.7. The highest BCUT2D eigenvalue weighted by atomic mass is 16.5. The molecule has 1 aromatic heterocycles. The molecule has 23 heavy (non-hydrogen) atoms. The van der Waals surface area contributed by atoms with Gasteiger partial charge in [-0.25, -0.2) is 0 Å². The summed E-state index contributed by atoms with van der Waals surface area (Å²) in [4.78, 5) is 29.0. The molecule has 4 heterocycles. The SMILES string of the molecule is CCCN1C(=O)[C@H]2CC[C@@H]1CN(C(=O)c1ccc(COC)o1)C2. The number of carbonyl (C=O) groups excluding carboxylic acids is 2. The lowest BCUT2D eigenvalue weighted by Crippen LogP contribution is -2.48. The summed E-state index contributed by atoms with van der Waals surface area (Å²) in [5, 5.41) is 0. The highest BCUT2D eigenvalue weighted by Crippen LogP contribution is 2.30. The van der Waals surface area contributed by atoms with Gasteiger partial charge >= 0.3 is 0 Å². The molecule has 0 N–H and O–H groups in total. The largest absolute Gasteiger partial charge is 0.453 e. The van der Waals surface area contributed by atoms with Gasteiger partial charge in [-0.1, -0.05) is 6.92 Å². The number of methoxy groups -OCH3 is 1. The highest BCUT2D eigenvalue weighted by molar-refractivity contribution is 5.92. The first-order chi connectivity index (χ1) is 11.1. The van der Waals surface area contributed by atoms with E-state index in [4.69, 9.17) is 9.15 Å². The summed E-state index contributed by atoms with van der Waals surface area (Å²) in [6, 6.07) is 3.59. The summed E-state index contributed by atoms with van der Waals surface area (Å²) in [6.07, 6.45) is 2.80. The Kier molecular flexibility index (Phi) is 4.71. The fraction of sp³-hybridized carbons (Fsp3) is 0.647. The van der Waals surface area contributed by atoms with Gasteiger partial charge in [0.1, 0.15) is 12.4 Å².